The summed E-state index contributed by atoms with van der Waals surface area (Å²) in [6.07, 6.45) is 2.17. The average Bonchev–Trinajstić information content (AvgIpc) is 3.04. The lowest BCUT2D eigenvalue weighted by atomic mass is 10.0. The molecule has 3 atom stereocenters. The Labute approximate surface area is 272 Å². The molecule has 0 aromatic heterocycles. The number of hydrogen-bond acceptors (Lipinski definition) is 7. The van der Waals surface area contributed by atoms with Gasteiger partial charge in [-0.3, -0.25) is 14.4 Å². The van der Waals surface area contributed by atoms with Gasteiger partial charge in [0, 0.05) is 49.6 Å². The second kappa shape index (κ2) is 17.4. The van der Waals surface area contributed by atoms with E-state index in [0.29, 0.717) is 60.6 Å². The van der Waals surface area contributed by atoms with Crippen LogP contribution < -0.4 is 26.4 Å². The molecule has 2 aromatic carbocycles. The Morgan fingerprint density at radius 3 is 2.37 bits per heavy atom. The van der Waals surface area contributed by atoms with Crippen molar-refractivity contribution in [2.45, 2.75) is 84.4 Å². The Hall–Kier alpha value is -4.32. The zero-order valence-corrected chi connectivity index (χ0v) is 27.7. The van der Waals surface area contributed by atoms with Crippen molar-refractivity contribution >= 4 is 40.8 Å². The predicted octanol–water partition coefficient (Wildman–Crippen LogP) is 4.00. The molecule has 0 radical (unpaired) electrons. The van der Waals surface area contributed by atoms with E-state index in [4.69, 9.17) is 10.5 Å². The maximum atomic E-state index is 13.5. The summed E-state index contributed by atoms with van der Waals surface area (Å²) in [5, 5.41) is 18.5. The Balaban J connectivity index is 1.62. The lowest BCUT2D eigenvalue weighted by molar-refractivity contribution is -0.134. The molecule has 0 unspecified atom stereocenters. The van der Waals surface area contributed by atoms with Crippen LogP contribution in [-0.4, -0.2) is 83.6 Å². The molecule has 3 rings (SSSR count). The number of aliphatic hydroxyl groups is 1. The highest BCUT2D eigenvalue weighted by molar-refractivity contribution is 5.94. The number of rotatable bonds is 13. The van der Waals surface area contributed by atoms with Crippen LogP contribution in [0.5, 0.6) is 5.75 Å². The fourth-order valence-electron chi connectivity index (χ4n) is 5.23. The summed E-state index contributed by atoms with van der Waals surface area (Å²) in [5.41, 5.74) is 8.13. The van der Waals surface area contributed by atoms with E-state index in [-0.39, 0.29) is 61.7 Å². The minimum Gasteiger partial charge on any atom is -0.488 e. The number of nitrogens with two attached hydrogens (primary N) is 1. The summed E-state index contributed by atoms with van der Waals surface area (Å²) in [7, 11) is 1.70. The number of para-hydroxylation sites is 2. The number of amides is 5. The molecule has 0 spiro atoms. The number of aliphatic hydroxyl groups excluding tert-OH is 1. The molecular weight excluding hydrogens is 588 g/mol. The van der Waals surface area contributed by atoms with Crippen molar-refractivity contribution in [2.75, 3.05) is 43.1 Å². The van der Waals surface area contributed by atoms with Crippen molar-refractivity contribution in [2.24, 2.45) is 5.92 Å². The molecule has 252 valence electrons. The van der Waals surface area contributed by atoms with Crippen LogP contribution in [0.1, 0.15) is 65.4 Å². The van der Waals surface area contributed by atoms with E-state index < -0.39 is 12.1 Å². The SMILES string of the molecule is CC(C)NC(=O)N(C)C[C@H]1Oc2ccc(NC(=O)CCCCCC(=O)Nc3ccccc3N)cc2CC(=O)N([C@H](C)CO)C[C@@H]1C. The van der Waals surface area contributed by atoms with Crippen molar-refractivity contribution in [3.63, 3.8) is 0 Å². The van der Waals surface area contributed by atoms with Gasteiger partial charge >= 0.3 is 6.03 Å². The van der Waals surface area contributed by atoms with Gasteiger partial charge in [-0.15, -0.1) is 0 Å². The van der Waals surface area contributed by atoms with Gasteiger partial charge in [0.25, 0.3) is 0 Å². The average molecular weight is 639 g/mol. The molecule has 1 aliphatic heterocycles. The first-order chi connectivity index (χ1) is 21.9. The van der Waals surface area contributed by atoms with Crippen LogP contribution in [0.15, 0.2) is 42.5 Å². The third-order valence-corrected chi connectivity index (χ3v) is 7.96. The highest BCUT2D eigenvalue weighted by Crippen LogP contribution is 2.29. The van der Waals surface area contributed by atoms with E-state index in [9.17, 15) is 24.3 Å². The van der Waals surface area contributed by atoms with Gasteiger partial charge in [-0.25, -0.2) is 4.79 Å². The summed E-state index contributed by atoms with van der Waals surface area (Å²) in [4.78, 5) is 54.3. The number of ether oxygens (including phenoxy) is 1. The van der Waals surface area contributed by atoms with Crippen LogP contribution >= 0.6 is 0 Å². The molecule has 2 aromatic rings. The largest absolute Gasteiger partial charge is 0.488 e. The molecule has 5 amide bonds. The van der Waals surface area contributed by atoms with Crippen LogP contribution in [0.2, 0.25) is 0 Å². The number of likely N-dealkylation sites (N-methyl/N-ethyl adjacent to an activating group) is 1. The van der Waals surface area contributed by atoms with E-state index in [0.717, 1.165) is 0 Å². The number of carbonyl (C=O) groups is 4. The summed E-state index contributed by atoms with van der Waals surface area (Å²) in [5.74, 6) is -0.0939. The Morgan fingerprint density at radius 1 is 1.04 bits per heavy atom. The van der Waals surface area contributed by atoms with Gasteiger partial charge in [-0.2, -0.15) is 0 Å². The molecule has 12 heteroatoms. The van der Waals surface area contributed by atoms with Gasteiger partial charge < -0.3 is 41.3 Å². The maximum Gasteiger partial charge on any atom is 0.317 e. The number of fused-ring (bicyclic) bond motifs is 1. The number of anilines is 3. The number of benzene rings is 2. The number of nitrogen functional groups attached to an aromatic ring is 1. The van der Waals surface area contributed by atoms with E-state index in [1.54, 1.807) is 60.2 Å². The molecule has 12 nitrogen and oxygen atoms in total. The van der Waals surface area contributed by atoms with Crippen molar-refractivity contribution in [3.8, 4) is 5.75 Å². The molecule has 1 heterocycles. The van der Waals surface area contributed by atoms with Gasteiger partial charge in [0.1, 0.15) is 11.9 Å². The summed E-state index contributed by atoms with van der Waals surface area (Å²) in [6, 6.07) is 11.7. The Bertz CT molecular complexity index is 1350. The number of carbonyl (C=O) groups excluding carboxylic acids is 4. The second-order valence-corrected chi connectivity index (χ2v) is 12.4. The van der Waals surface area contributed by atoms with Crippen molar-refractivity contribution in [1.29, 1.82) is 0 Å². The normalized spacial score (nSPS) is 17.1. The first kappa shape index (κ1) is 36.2. The number of urea groups is 1. The van der Waals surface area contributed by atoms with Gasteiger partial charge in [0.2, 0.25) is 17.7 Å². The zero-order chi connectivity index (χ0) is 33.8. The smallest absolute Gasteiger partial charge is 0.317 e. The summed E-state index contributed by atoms with van der Waals surface area (Å²) in [6.45, 7) is 8.00. The zero-order valence-electron chi connectivity index (χ0n) is 27.7. The molecule has 6 N–H and O–H groups in total. The molecule has 46 heavy (non-hydrogen) atoms. The van der Waals surface area contributed by atoms with Crippen LogP contribution in [0.3, 0.4) is 0 Å². The van der Waals surface area contributed by atoms with Crippen molar-refractivity contribution < 1.29 is 29.0 Å². The number of hydrogen-bond donors (Lipinski definition) is 5. The molecule has 0 saturated heterocycles. The third kappa shape index (κ3) is 10.9. The second-order valence-electron chi connectivity index (χ2n) is 12.4. The van der Waals surface area contributed by atoms with Crippen LogP contribution in [0.25, 0.3) is 0 Å². The fraction of sp³-hybridized carbons (Fsp3) is 0.529. The van der Waals surface area contributed by atoms with E-state index in [1.165, 1.54) is 0 Å². The predicted molar refractivity (Wildman–Crippen MR) is 179 cm³/mol. The molecule has 1 aliphatic rings. The van der Waals surface area contributed by atoms with Crippen LogP contribution in [0, 0.1) is 5.92 Å². The standard InChI is InChI=1S/C34H50N6O6/c1-22(2)36-34(45)39(5)20-30-23(3)19-40(24(4)21-41)33(44)18-25-17-26(15-16-29(25)46-30)37-31(42)13-7-6-8-14-32(43)38-28-12-10-9-11-27(28)35/h9-12,15-17,22-24,30,41H,6-8,13-14,18-21,35H2,1-5H3,(H,36,45)(H,37,42)(H,38,43)/t23-,24+,30+/m0/s1. The molecule has 0 aliphatic carbocycles. The van der Waals surface area contributed by atoms with Gasteiger partial charge in [-0.05, 0) is 63.9 Å². The fourth-order valence-corrected chi connectivity index (χ4v) is 5.23. The van der Waals surface area contributed by atoms with Crippen molar-refractivity contribution in [3.05, 3.63) is 48.0 Å². The van der Waals surface area contributed by atoms with Gasteiger partial charge in [0.05, 0.1) is 37.0 Å². The van der Waals surface area contributed by atoms with Gasteiger partial charge in [0.15, 0.2) is 0 Å². The lowest BCUT2D eigenvalue weighted by Crippen LogP contribution is -2.49. The third-order valence-electron chi connectivity index (χ3n) is 7.96. The topological polar surface area (TPSA) is 166 Å². The highest BCUT2D eigenvalue weighted by Gasteiger charge is 2.32. The quantitative estimate of drug-likeness (QED) is 0.163. The molecule has 0 bridgehead atoms. The Kier molecular flexibility index (Phi) is 13.7. The molecule has 0 fully saturated rings. The van der Waals surface area contributed by atoms with E-state index in [2.05, 4.69) is 16.0 Å². The first-order valence-electron chi connectivity index (χ1n) is 16.0. The maximum absolute atomic E-state index is 13.5. The van der Waals surface area contributed by atoms with E-state index in [1.807, 2.05) is 26.8 Å². The summed E-state index contributed by atoms with van der Waals surface area (Å²) < 4.78 is 6.46. The summed E-state index contributed by atoms with van der Waals surface area (Å²) >= 11 is 0. The monoisotopic (exact) mass is 638 g/mol. The number of unbranched alkanes of at least 4 members (excludes halogenated alkanes) is 2. The van der Waals surface area contributed by atoms with Crippen LogP contribution in [-0.2, 0) is 20.8 Å². The minimum atomic E-state index is -0.437. The van der Waals surface area contributed by atoms with Crippen LogP contribution in [0.4, 0.5) is 21.9 Å². The Morgan fingerprint density at radius 2 is 1.72 bits per heavy atom. The van der Waals surface area contributed by atoms with E-state index >= 15 is 0 Å². The lowest BCUT2D eigenvalue weighted by Gasteiger charge is -2.34. The highest BCUT2D eigenvalue weighted by atomic mass is 16.5. The minimum absolute atomic E-state index is 0.0200. The van der Waals surface area contributed by atoms with Gasteiger partial charge in [-0.1, -0.05) is 25.5 Å². The first-order valence-corrected chi connectivity index (χ1v) is 16.0. The number of nitrogens with one attached hydrogen (secondary N) is 3. The molecule has 0 saturated carbocycles. The molecular formula is C34H50N6O6. The van der Waals surface area contributed by atoms with Crippen molar-refractivity contribution in [1.82, 2.24) is 15.1 Å². The number of nitrogens with zero attached hydrogens (tertiary/aromatic N) is 2.